The Morgan fingerprint density at radius 1 is 1.38 bits per heavy atom. The summed E-state index contributed by atoms with van der Waals surface area (Å²) in [6.07, 6.45) is 0. The largest absolute Gasteiger partial charge is 0.325 e. The van der Waals surface area contributed by atoms with Gasteiger partial charge in [0, 0.05) is 6.92 Å². The lowest BCUT2D eigenvalue weighted by atomic mass is 10.2. The number of nitrogens with one attached hydrogen (secondary N) is 1. The molecule has 0 unspecified atom stereocenters. The van der Waals surface area contributed by atoms with Crippen molar-refractivity contribution in [2.45, 2.75) is 18.7 Å². The Balaban J connectivity index is 3.34. The van der Waals surface area contributed by atoms with E-state index in [9.17, 15) is 13.2 Å². The number of anilines is 1. The van der Waals surface area contributed by atoms with Crippen LogP contribution in [0, 0.1) is 6.92 Å². The summed E-state index contributed by atoms with van der Waals surface area (Å²) < 4.78 is 27.6. The molecule has 1 aromatic rings. The Kier molecular flexibility index (Phi) is 3.66. The smallest absolute Gasteiger partial charge is 0.298 e. The van der Waals surface area contributed by atoms with Gasteiger partial charge < -0.3 is 5.32 Å². The van der Waals surface area contributed by atoms with Gasteiger partial charge in [-0.25, -0.2) is 0 Å². The first-order valence-electron chi connectivity index (χ1n) is 4.55. The molecule has 0 heterocycles. The van der Waals surface area contributed by atoms with Crippen LogP contribution >= 0.6 is 0 Å². The second kappa shape index (κ2) is 4.63. The van der Waals surface area contributed by atoms with Crippen molar-refractivity contribution in [1.82, 2.24) is 0 Å². The molecule has 0 spiro atoms. The van der Waals surface area contributed by atoms with Gasteiger partial charge in [-0.1, -0.05) is 6.07 Å². The Hall–Kier alpha value is -1.40. The maximum Gasteiger partial charge on any atom is 0.298 e. The van der Waals surface area contributed by atoms with Gasteiger partial charge in [0.15, 0.2) is 0 Å². The predicted octanol–water partition coefficient (Wildman–Crippen LogP) is 1.29. The molecule has 0 saturated carbocycles. The van der Waals surface area contributed by atoms with Crippen LogP contribution in [-0.4, -0.2) is 21.4 Å². The van der Waals surface area contributed by atoms with Crippen LogP contribution in [0.15, 0.2) is 23.1 Å². The van der Waals surface area contributed by atoms with E-state index in [4.69, 9.17) is 0 Å². The van der Waals surface area contributed by atoms with Crippen LogP contribution in [0.2, 0.25) is 0 Å². The van der Waals surface area contributed by atoms with Gasteiger partial charge in [0.2, 0.25) is 5.91 Å². The topological polar surface area (TPSA) is 72.5 Å². The van der Waals surface area contributed by atoms with E-state index >= 15 is 0 Å². The second-order valence-electron chi connectivity index (χ2n) is 3.30. The fourth-order valence-electron chi connectivity index (χ4n) is 1.22. The quantitative estimate of drug-likeness (QED) is 0.812. The van der Waals surface area contributed by atoms with Gasteiger partial charge >= 0.3 is 0 Å². The molecule has 0 radical (unpaired) electrons. The van der Waals surface area contributed by atoms with Crippen molar-refractivity contribution in [3.8, 4) is 0 Å². The summed E-state index contributed by atoms with van der Waals surface area (Å²) in [5.74, 6) is -0.337. The molecule has 1 N–H and O–H groups in total. The summed E-state index contributed by atoms with van der Waals surface area (Å²) in [5, 5.41) is 2.44. The molecule has 1 aromatic carbocycles. The van der Waals surface area contributed by atoms with Gasteiger partial charge in [0.05, 0.1) is 12.8 Å². The van der Waals surface area contributed by atoms with Crippen LogP contribution < -0.4 is 5.32 Å². The Labute approximate surface area is 94.6 Å². The SMILES string of the molecule is COS(=O)(=O)c1cc(C)ccc1NC(C)=O. The fraction of sp³-hybridized carbons (Fsp3) is 0.300. The Morgan fingerprint density at radius 2 is 2.00 bits per heavy atom. The van der Waals surface area contributed by atoms with Crippen LogP contribution in [0.3, 0.4) is 0 Å². The Bertz CT molecular complexity index is 508. The average Bonchev–Trinajstić information content (AvgIpc) is 2.20. The summed E-state index contributed by atoms with van der Waals surface area (Å²) >= 11 is 0. The minimum absolute atomic E-state index is 0.0369. The fourth-order valence-corrected chi connectivity index (χ4v) is 2.12. The van der Waals surface area contributed by atoms with Crippen molar-refractivity contribution in [2.75, 3.05) is 12.4 Å². The summed E-state index contributed by atoms with van der Waals surface area (Å²) in [5.41, 5.74) is 0.990. The normalized spacial score (nSPS) is 11.2. The van der Waals surface area contributed by atoms with Gasteiger partial charge in [0.1, 0.15) is 4.90 Å². The third kappa shape index (κ3) is 2.80. The van der Waals surface area contributed by atoms with Crippen molar-refractivity contribution in [3.05, 3.63) is 23.8 Å². The zero-order chi connectivity index (χ0) is 12.3. The van der Waals surface area contributed by atoms with Crippen molar-refractivity contribution >= 4 is 21.7 Å². The number of aryl methyl sites for hydroxylation is 1. The number of hydrogen-bond donors (Lipinski definition) is 1. The number of carbonyl (C=O) groups excluding carboxylic acids is 1. The number of amides is 1. The van der Waals surface area contributed by atoms with E-state index in [2.05, 4.69) is 9.50 Å². The van der Waals surface area contributed by atoms with E-state index in [-0.39, 0.29) is 16.5 Å². The molecule has 0 fully saturated rings. The maximum atomic E-state index is 11.6. The lowest BCUT2D eigenvalue weighted by Gasteiger charge is -2.10. The highest BCUT2D eigenvalue weighted by Gasteiger charge is 2.18. The standard InChI is InChI=1S/C10H13NO4S/c1-7-4-5-9(11-8(2)12)10(6-7)16(13,14)15-3/h4-6H,1-3H3,(H,11,12). The van der Waals surface area contributed by atoms with Crippen LogP contribution in [0.1, 0.15) is 12.5 Å². The summed E-state index contributed by atoms with van der Waals surface area (Å²) in [7, 11) is -2.73. The third-order valence-electron chi connectivity index (χ3n) is 1.94. The van der Waals surface area contributed by atoms with E-state index < -0.39 is 10.1 Å². The van der Waals surface area contributed by atoms with Crippen molar-refractivity contribution in [2.24, 2.45) is 0 Å². The first kappa shape index (κ1) is 12.7. The van der Waals surface area contributed by atoms with Crippen LogP contribution in [-0.2, 0) is 19.1 Å². The van der Waals surface area contributed by atoms with E-state index in [1.54, 1.807) is 13.0 Å². The number of rotatable bonds is 3. The minimum Gasteiger partial charge on any atom is -0.325 e. The molecular weight excluding hydrogens is 230 g/mol. The van der Waals surface area contributed by atoms with E-state index in [0.717, 1.165) is 12.7 Å². The molecule has 0 saturated heterocycles. The third-order valence-corrected chi connectivity index (χ3v) is 3.25. The average molecular weight is 243 g/mol. The lowest BCUT2D eigenvalue weighted by molar-refractivity contribution is -0.114. The molecule has 0 aromatic heterocycles. The molecule has 0 aliphatic heterocycles. The number of benzene rings is 1. The first-order valence-corrected chi connectivity index (χ1v) is 5.96. The summed E-state index contributed by atoms with van der Waals surface area (Å²) in [6.45, 7) is 3.06. The molecular formula is C10H13NO4S. The van der Waals surface area contributed by atoms with Gasteiger partial charge in [-0.2, -0.15) is 8.42 Å². The van der Waals surface area contributed by atoms with Crippen molar-refractivity contribution < 1.29 is 17.4 Å². The molecule has 6 heteroatoms. The van der Waals surface area contributed by atoms with Gasteiger partial charge in [-0.3, -0.25) is 8.98 Å². The molecule has 0 bridgehead atoms. The first-order chi connectivity index (χ1) is 7.36. The molecule has 5 nitrogen and oxygen atoms in total. The van der Waals surface area contributed by atoms with Crippen molar-refractivity contribution in [3.63, 3.8) is 0 Å². The highest BCUT2D eigenvalue weighted by molar-refractivity contribution is 7.87. The zero-order valence-electron chi connectivity index (χ0n) is 9.27. The number of hydrogen-bond acceptors (Lipinski definition) is 4. The minimum atomic E-state index is -3.81. The van der Waals surface area contributed by atoms with Crippen LogP contribution in [0.25, 0.3) is 0 Å². The Morgan fingerprint density at radius 3 is 2.50 bits per heavy atom. The molecule has 1 rings (SSSR count). The van der Waals surface area contributed by atoms with E-state index in [1.165, 1.54) is 19.1 Å². The highest BCUT2D eigenvalue weighted by atomic mass is 32.2. The predicted molar refractivity (Wildman–Crippen MR) is 59.7 cm³/mol. The number of carbonyl (C=O) groups is 1. The van der Waals surface area contributed by atoms with E-state index in [1.807, 2.05) is 0 Å². The highest BCUT2D eigenvalue weighted by Crippen LogP contribution is 2.23. The molecule has 0 atom stereocenters. The van der Waals surface area contributed by atoms with Gasteiger partial charge in [-0.05, 0) is 24.6 Å². The van der Waals surface area contributed by atoms with Crippen LogP contribution in [0.4, 0.5) is 5.69 Å². The molecule has 0 aliphatic carbocycles. The maximum absolute atomic E-state index is 11.6. The second-order valence-corrected chi connectivity index (χ2v) is 4.98. The molecule has 88 valence electrons. The van der Waals surface area contributed by atoms with Gasteiger partial charge in [-0.15, -0.1) is 0 Å². The summed E-state index contributed by atoms with van der Waals surface area (Å²) in [4.78, 5) is 10.9. The lowest BCUT2D eigenvalue weighted by Crippen LogP contribution is -2.12. The van der Waals surface area contributed by atoms with Crippen molar-refractivity contribution in [1.29, 1.82) is 0 Å². The monoisotopic (exact) mass is 243 g/mol. The molecule has 1 amide bonds. The van der Waals surface area contributed by atoms with E-state index in [0.29, 0.717) is 0 Å². The summed E-state index contributed by atoms with van der Waals surface area (Å²) in [6, 6.07) is 4.69. The van der Waals surface area contributed by atoms with Crippen LogP contribution in [0.5, 0.6) is 0 Å². The zero-order valence-corrected chi connectivity index (χ0v) is 10.1. The molecule has 0 aliphatic rings. The molecule has 16 heavy (non-hydrogen) atoms. The van der Waals surface area contributed by atoms with Gasteiger partial charge in [0.25, 0.3) is 10.1 Å².